The summed E-state index contributed by atoms with van der Waals surface area (Å²) in [5.74, 6) is 0.667. The van der Waals surface area contributed by atoms with E-state index in [-0.39, 0.29) is 0 Å². The van der Waals surface area contributed by atoms with Gasteiger partial charge in [0.1, 0.15) is 12.6 Å². The van der Waals surface area contributed by atoms with Crippen molar-refractivity contribution in [3.8, 4) is 0 Å². The van der Waals surface area contributed by atoms with Crippen molar-refractivity contribution in [3.63, 3.8) is 0 Å². The standard InChI is InChI=1S/C5H8O2.C3H5ClO/c6-4-2-1-3-5-7;4-1-3-2-5-3/h4-5H,1-3H2;3H,1-2H2. The third-order valence-corrected chi connectivity index (χ3v) is 1.56. The quantitative estimate of drug-likeness (QED) is 0.284. The molecule has 1 rings (SSSR count). The third-order valence-electron chi connectivity index (χ3n) is 1.22. The molecular weight excluding hydrogens is 180 g/mol. The number of alkyl halides is 1. The van der Waals surface area contributed by atoms with Crippen LogP contribution in [0, 0.1) is 0 Å². The molecule has 3 nitrogen and oxygen atoms in total. The van der Waals surface area contributed by atoms with E-state index in [1.807, 2.05) is 0 Å². The molecule has 0 aliphatic carbocycles. The lowest BCUT2D eigenvalue weighted by molar-refractivity contribution is -0.108. The highest BCUT2D eigenvalue weighted by Crippen LogP contribution is 2.08. The van der Waals surface area contributed by atoms with Crippen molar-refractivity contribution in [3.05, 3.63) is 0 Å². The van der Waals surface area contributed by atoms with Crippen molar-refractivity contribution in [1.82, 2.24) is 0 Å². The van der Waals surface area contributed by atoms with Gasteiger partial charge >= 0.3 is 0 Å². The fourth-order valence-electron chi connectivity index (χ4n) is 0.442. The van der Waals surface area contributed by atoms with Gasteiger partial charge in [-0.05, 0) is 6.42 Å². The Morgan fingerprint density at radius 2 is 1.83 bits per heavy atom. The second-order valence-electron chi connectivity index (χ2n) is 2.37. The van der Waals surface area contributed by atoms with Gasteiger partial charge in [0.2, 0.25) is 0 Å². The number of unbranched alkanes of at least 4 members (excludes halogenated alkanes) is 2. The molecule has 1 aliphatic rings. The first-order valence-electron chi connectivity index (χ1n) is 3.90. The minimum absolute atomic E-state index is 0.400. The monoisotopic (exact) mass is 192 g/mol. The van der Waals surface area contributed by atoms with Crippen molar-refractivity contribution in [1.29, 1.82) is 0 Å². The third kappa shape index (κ3) is 9.59. The Labute approximate surface area is 77.0 Å². The first-order valence-corrected chi connectivity index (χ1v) is 4.43. The summed E-state index contributed by atoms with van der Waals surface area (Å²) in [5, 5.41) is 0. The molecule has 1 aliphatic heterocycles. The first kappa shape index (κ1) is 11.6. The van der Waals surface area contributed by atoms with E-state index in [0.717, 1.165) is 19.2 Å². The van der Waals surface area contributed by atoms with Crippen LogP contribution in [0.15, 0.2) is 0 Å². The molecule has 1 unspecified atom stereocenters. The Morgan fingerprint density at radius 3 is 2.00 bits per heavy atom. The van der Waals surface area contributed by atoms with Gasteiger partial charge in [0.15, 0.2) is 0 Å². The fraction of sp³-hybridized carbons (Fsp3) is 0.750. The maximum Gasteiger partial charge on any atom is 0.120 e. The summed E-state index contributed by atoms with van der Waals surface area (Å²) in [5.41, 5.74) is 0. The highest BCUT2D eigenvalue weighted by molar-refractivity contribution is 6.18. The zero-order valence-electron chi connectivity index (χ0n) is 6.87. The lowest BCUT2D eigenvalue weighted by Crippen LogP contribution is -1.80. The number of hydrogen-bond donors (Lipinski definition) is 0. The number of rotatable bonds is 5. The maximum absolute atomic E-state index is 9.56. The molecule has 0 amide bonds. The molecule has 0 N–H and O–H groups in total. The number of ether oxygens (including phenoxy) is 1. The highest BCUT2D eigenvalue weighted by Gasteiger charge is 2.19. The van der Waals surface area contributed by atoms with Gasteiger partial charge in [-0.1, -0.05) is 0 Å². The number of epoxide rings is 1. The van der Waals surface area contributed by atoms with E-state index in [1.165, 1.54) is 0 Å². The molecule has 0 saturated carbocycles. The molecule has 1 heterocycles. The van der Waals surface area contributed by atoms with Gasteiger partial charge in [-0.3, -0.25) is 0 Å². The van der Waals surface area contributed by atoms with Crippen LogP contribution in [0.3, 0.4) is 0 Å². The second-order valence-corrected chi connectivity index (χ2v) is 2.68. The molecule has 0 radical (unpaired) electrons. The van der Waals surface area contributed by atoms with Gasteiger partial charge in [0, 0.05) is 12.8 Å². The van der Waals surface area contributed by atoms with Crippen LogP contribution in [0.2, 0.25) is 0 Å². The van der Waals surface area contributed by atoms with Crippen molar-refractivity contribution in [2.24, 2.45) is 0 Å². The van der Waals surface area contributed by atoms with Crippen LogP contribution in [0.5, 0.6) is 0 Å². The average molecular weight is 193 g/mol. The summed E-state index contributed by atoms with van der Waals surface area (Å²) in [7, 11) is 0. The van der Waals surface area contributed by atoms with E-state index in [1.54, 1.807) is 0 Å². The number of carbonyl (C=O) groups is 2. The smallest absolute Gasteiger partial charge is 0.120 e. The molecule has 0 aromatic rings. The lowest BCUT2D eigenvalue weighted by atomic mass is 10.3. The zero-order valence-corrected chi connectivity index (χ0v) is 7.63. The van der Waals surface area contributed by atoms with Gasteiger partial charge in [-0.2, -0.15) is 0 Å². The minimum atomic E-state index is 0.400. The summed E-state index contributed by atoms with van der Waals surface area (Å²) in [6.45, 7) is 0.878. The Morgan fingerprint density at radius 1 is 1.33 bits per heavy atom. The first-order chi connectivity index (χ1) is 5.85. The predicted octanol–water partition coefficient (Wildman–Crippen LogP) is 1.18. The van der Waals surface area contributed by atoms with Crippen LogP contribution in [0.25, 0.3) is 0 Å². The van der Waals surface area contributed by atoms with Crippen LogP contribution in [-0.2, 0) is 14.3 Å². The van der Waals surface area contributed by atoms with Gasteiger partial charge < -0.3 is 14.3 Å². The van der Waals surface area contributed by atoms with E-state index >= 15 is 0 Å². The van der Waals surface area contributed by atoms with Crippen LogP contribution in [0.4, 0.5) is 0 Å². The molecule has 70 valence electrons. The topological polar surface area (TPSA) is 46.7 Å². The number of carbonyl (C=O) groups excluding carboxylic acids is 2. The predicted molar refractivity (Wildman–Crippen MR) is 46.4 cm³/mol. The molecule has 0 spiro atoms. The molecule has 0 aromatic heterocycles. The average Bonchev–Trinajstić information content (AvgIpc) is 2.89. The minimum Gasteiger partial charge on any atom is -0.372 e. The van der Waals surface area contributed by atoms with E-state index in [4.69, 9.17) is 16.3 Å². The molecule has 1 saturated heterocycles. The normalized spacial score (nSPS) is 18.9. The van der Waals surface area contributed by atoms with Crippen molar-refractivity contribution in [2.75, 3.05) is 12.5 Å². The molecule has 1 atom stereocenters. The summed E-state index contributed by atoms with van der Waals surface area (Å²) in [6, 6.07) is 0. The number of hydrogen-bond acceptors (Lipinski definition) is 3. The van der Waals surface area contributed by atoms with Crippen LogP contribution >= 0.6 is 11.6 Å². The SMILES string of the molecule is ClCC1CO1.O=CCCCC=O. The highest BCUT2D eigenvalue weighted by atomic mass is 35.5. The van der Waals surface area contributed by atoms with E-state index in [9.17, 15) is 9.59 Å². The Bertz CT molecular complexity index is 115. The fourth-order valence-corrected chi connectivity index (χ4v) is 0.620. The van der Waals surface area contributed by atoms with Gasteiger partial charge in [0.25, 0.3) is 0 Å². The van der Waals surface area contributed by atoms with E-state index in [2.05, 4.69) is 0 Å². The summed E-state index contributed by atoms with van der Waals surface area (Å²) < 4.78 is 4.73. The zero-order chi connectivity index (χ0) is 9.23. The summed E-state index contributed by atoms with van der Waals surface area (Å²) in [4.78, 5) is 19.1. The van der Waals surface area contributed by atoms with Crippen LogP contribution < -0.4 is 0 Å². The second kappa shape index (κ2) is 8.68. The Kier molecular flexibility index (Phi) is 8.39. The van der Waals surface area contributed by atoms with Gasteiger partial charge in [0.05, 0.1) is 18.6 Å². The van der Waals surface area contributed by atoms with Gasteiger partial charge in [-0.15, -0.1) is 11.6 Å². The molecule has 1 fully saturated rings. The van der Waals surface area contributed by atoms with Crippen molar-refractivity contribution in [2.45, 2.75) is 25.4 Å². The van der Waals surface area contributed by atoms with Crippen molar-refractivity contribution < 1.29 is 14.3 Å². The lowest BCUT2D eigenvalue weighted by Gasteiger charge is -1.78. The Balaban J connectivity index is 0.000000211. The largest absolute Gasteiger partial charge is 0.372 e. The molecular formula is C8H13ClO3. The molecule has 0 bridgehead atoms. The maximum atomic E-state index is 9.56. The van der Waals surface area contributed by atoms with E-state index < -0.39 is 0 Å². The number of aldehydes is 2. The van der Waals surface area contributed by atoms with Crippen LogP contribution in [-0.4, -0.2) is 31.2 Å². The molecule has 0 aromatic carbocycles. The Hall–Kier alpha value is -0.410. The summed E-state index contributed by atoms with van der Waals surface area (Å²) >= 11 is 5.27. The molecule has 4 heteroatoms. The van der Waals surface area contributed by atoms with E-state index in [0.29, 0.717) is 31.2 Å². The molecule has 12 heavy (non-hydrogen) atoms. The van der Waals surface area contributed by atoms with Crippen molar-refractivity contribution >= 4 is 24.2 Å². The number of halogens is 1. The van der Waals surface area contributed by atoms with Crippen LogP contribution in [0.1, 0.15) is 19.3 Å². The van der Waals surface area contributed by atoms with Gasteiger partial charge in [-0.25, -0.2) is 0 Å². The summed E-state index contributed by atoms with van der Waals surface area (Å²) in [6.07, 6.45) is 3.77.